The van der Waals surface area contributed by atoms with Crippen LogP contribution in [0.3, 0.4) is 0 Å². The van der Waals surface area contributed by atoms with Gasteiger partial charge in [0.2, 0.25) is 5.91 Å². The Kier molecular flexibility index (Phi) is 5.18. The third kappa shape index (κ3) is 4.44. The quantitative estimate of drug-likeness (QED) is 0.774. The number of rotatable bonds is 7. The highest BCUT2D eigenvalue weighted by atomic mass is 16.5. The molecule has 0 aliphatic heterocycles. The molecular weight excluding hydrogens is 242 g/mol. The molecule has 0 spiro atoms. The highest BCUT2D eigenvalue weighted by molar-refractivity contribution is 5.83. The van der Waals surface area contributed by atoms with Crippen LogP contribution < -0.4 is 21.1 Å². The van der Waals surface area contributed by atoms with Crippen LogP contribution in [-0.4, -0.2) is 32.1 Å². The Balaban J connectivity index is 2.51. The fourth-order valence-corrected chi connectivity index (χ4v) is 1.78. The summed E-state index contributed by atoms with van der Waals surface area (Å²) in [6, 6.07) is 7.83. The monoisotopic (exact) mass is 265 g/mol. The standard InChI is InChI=1S/C14H23N3O2/c1-14(16,13(15)18)8-5-9-17(2)11-6-4-7-12(10-11)19-3/h4,6-7,10H,5,8-9,16H2,1-3H3,(H2,15,18). The van der Waals surface area contributed by atoms with Gasteiger partial charge in [0.05, 0.1) is 12.6 Å². The molecule has 106 valence electrons. The Hall–Kier alpha value is -1.75. The normalized spacial score (nSPS) is 13.7. The van der Waals surface area contributed by atoms with Gasteiger partial charge in [-0.25, -0.2) is 0 Å². The molecule has 0 bridgehead atoms. The predicted molar refractivity (Wildman–Crippen MR) is 77.3 cm³/mol. The smallest absolute Gasteiger partial charge is 0.237 e. The van der Waals surface area contributed by atoms with E-state index < -0.39 is 11.4 Å². The van der Waals surface area contributed by atoms with Crippen LogP contribution in [0.15, 0.2) is 24.3 Å². The predicted octanol–water partition coefficient (Wildman–Crippen LogP) is 1.11. The van der Waals surface area contributed by atoms with Crippen molar-refractivity contribution >= 4 is 11.6 Å². The van der Waals surface area contributed by atoms with Crippen LogP contribution in [0.4, 0.5) is 5.69 Å². The van der Waals surface area contributed by atoms with Gasteiger partial charge in [-0.2, -0.15) is 0 Å². The molecule has 0 aliphatic carbocycles. The fraction of sp³-hybridized carbons (Fsp3) is 0.500. The summed E-state index contributed by atoms with van der Waals surface area (Å²) < 4.78 is 5.19. The molecular formula is C14H23N3O2. The van der Waals surface area contributed by atoms with Gasteiger partial charge in [0, 0.05) is 25.3 Å². The summed E-state index contributed by atoms with van der Waals surface area (Å²) in [5, 5.41) is 0. The second-order valence-electron chi connectivity index (χ2n) is 5.01. The minimum absolute atomic E-state index is 0.462. The van der Waals surface area contributed by atoms with Crippen LogP contribution in [0.5, 0.6) is 5.75 Å². The van der Waals surface area contributed by atoms with Gasteiger partial charge in [0.25, 0.3) is 0 Å². The lowest BCUT2D eigenvalue weighted by atomic mass is 9.96. The number of ether oxygens (including phenoxy) is 1. The van der Waals surface area contributed by atoms with Crippen LogP contribution in [0.2, 0.25) is 0 Å². The molecule has 1 amide bonds. The maximum atomic E-state index is 11.1. The zero-order valence-corrected chi connectivity index (χ0v) is 11.8. The largest absolute Gasteiger partial charge is 0.497 e. The Morgan fingerprint density at radius 3 is 2.74 bits per heavy atom. The first-order valence-corrected chi connectivity index (χ1v) is 6.31. The maximum absolute atomic E-state index is 11.1. The van der Waals surface area contributed by atoms with Gasteiger partial charge in [0.1, 0.15) is 5.75 Å². The van der Waals surface area contributed by atoms with E-state index in [9.17, 15) is 4.79 Å². The summed E-state index contributed by atoms with van der Waals surface area (Å²) in [6.07, 6.45) is 1.36. The molecule has 0 fully saturated rings. The van der Waals surface area contributed by atoms with Gasteiger partial charge < -0.3 is 21.1 Å². The van der Waals surface area contributed by atoms with E-state index in [-0.39, 0.29) is 0 Å². The van der Waals surface area contributed by atoms with Crippen LogP contribution in [0, 0.1) is 0 Å². The first kappa shape index (κ1) is 15.3. The van der Waals surface area contributed by atoms with E-state index in [1.54, 1.807) is 14.0 Å². The lowest BCUT2D eigenvalue weighted by molar-refractivity contribution is -0.122. The third-order valence-electron chi connectivity index (χ3n) is 3.25. The molecule has 1 unspecified atom stereocenters. The topological polar surface area (TPSA) is 81.6 Å². The molecule has 1 atom stereocenters. The van der Waals surface area contributed by atoms with Crippen molar-refractivity contribution in [3.8, 4) is 5.75 Å². The van der Waals surface area contributed by atoms with Crippen molar-refractivity contribution < 1.29 is 9.53 Å². The Morgan fingerprint density at radius 2 is 2.16 bits per heavy atom. The van der Waals surface area contributed by atoms with Crippen molar-refractivity contribution in [2.45, 2.75) is 25.3 Å². The van der Waals surface area contributed by atoms with Gasteiger partial charge in [-0.3, -0.25) is 4.79 Å². The third-order valence-corrected chi connectivity index (χ3v) is 3.25. The van der Waals surface area contributed by atoms with E-state index in [1.807, 2.05) is 31.3 Å². The lowest BCUT2D eigenvalue weighted by Crippen LogP contribution is -2.49. The number of nitrogens with zero attached hydrogens (tertiary/aromatic N) is 1. The number of anilines is 1. The highest BCUT2D eigenvalue weighted by Crippen LogP contribution is 2.20. The summed E-state index contributed by atoms with van der Waals surface area (Å²) >= 11 is 0. The van der Waals surface area contributed by atoms with Gasteiger partial charge in [-0.15, -0.1) is 0 Å². The van der Waals surface area contributed by atoms with Gasteiger partial charge >= 0.3 is 0 Å². The Morgan fingerprint density at radius 1 is 1.47 bits per heavy atom. The zero-order chi connectivity index (χ0) is 14.5. The van der Waals surface area contributed by atoms with Gasteiger partial charge in [0.15, 0.2) is 0 Å². The molecule has 0 saturated carbocycles. The van der Waals surface area contributed by atoms with E-state index in [1.165, 1.54) is 0 Å². The summed E-state index contributed by atoms with van der Waals surface area (Å²) in [6.45, 7) is 2.47. The highest BCUT2D eigenvalue weighted by Gasteiger charge is 2.24. The van der Waals surface area contributed by atoms with E-state index in [4.69, 9.17) is 16.2 Å². The number of nitrogens with two attached hydrogens (primary N) is 2. The van der Waals surface area contributed by atoms with Crippen molar-refractivity contribution in [3.63, 3.8) is 0 Å². The van der Waals surface area contributed by atoms with E-state index in [0.717, 1.165) is 24.4 Å². The number of carbonyl (C=O) groups is 1. The first-order valence-electron chi connectivity index (χ1n) is 6.31. The van der Waals surface area contributed by atoms with Gasteiger partial charge in [-0.1, -0.05) is 6.07 Å². The molecule has 0 aromatic heterocycles. The molecule has 1 aromatic carbocycles. The number of hydrogen-bond donors (Lipinski definition) is 2. The van der Waals surface area contributed by atoms with Crippen molar-refractivity contribution in [2.24, 2.45) is 11.5 Å². The van der Waals surface area contributed by atoms with Gasteiger partial charge in [-0.05, 0) is 31.9 Å². The zero-order valence-electron chi connectivity index (χ0n) is 11.8. The average Bonchev–Trinajstić information content (AvgIpc) is 2.38. The lowest BCUT2D eigenvalue weighted by Gasteiger charge is -2.24. The summed E-state index contributed by atoms with van der Waals surface area (Å²) in [5.41, 5.74) is 11.2. The molecule has 0 aliphatic rings. The second kappa shape index (κ2) is 6.43. The average molecular weight is 265 g/mol. The maximum Gasteiger partial charge on any atom is 0.237 e. The molecule has 0 heterocycles. The van der Waals surface area contributed by atoms with Crippen molar-refractivity contribution in [3.05, 3.63) is 24.3 Å². The van der Waals surface area contributed by atoms with Crippen molar-refractivity contribution in [1.29, 1.82) is 0 Å². The molecule has 1 aromatic rings. The first-order chi connectivity index (χ1) is 8.86. The van der Waals surface area contributed by atoms with Crippen LogP contribution in [0.1, 0.15) is 19.8 Å². The number of methoxy groups -OCH3 is 1. The number of amides is 1. The number of hydrogen-bond acceptors (Lipinski definition) is 4. The van der Waals surface area contributed by atoms with E-state index in [2.05, 4.69) is 4.90 Å². The van der Waals surface area contributed by atoms with E-state index >= 15 is 0 Å². The molecule has 5 heteroatoms. The van der Waals surface area contributed by atoms with Crippen molar-refractivity contribution in [1.82, 2.24) is 0 Å². The summed E-state index contributed by atoms with van der Waals surface area (Å²) in [4.78, 5) is 13.2. The molecule has 19 heavy (non-hydrogen) atoms. The van der Waals surface area contributed by atoms with E-state index in [0.29, 0.717) is 6.42 Å². The number of benzene rings is 1. The minimum Gasteiger partial charge on any atom is -0.497 e. The summed E-state index contributed by atoms with van der Waals surface area (Å²) in [7, 11) is 3.64. The fourth-order valence-electron chi connectivity index (χ4n) is 1.78. The molecule has 1 rings (SSSR count). The molecule has 0 radical (unpaired) electrons. The van der Waals surface area contributed by atoms with Crippen LogP contribution >= 0.6 is 0 Å². The second-order valence-corrected chi connectivity index (χ2v) is 5.01. The Labute approximate surface area is 114 Å². The SMILES string of the molecule is COc1cccc(N(C)CCCC(C)(N)C(N)=O)c1. The molecule has 5 nitrogen and oxygen atoms in total. The van der Waals surface area contributed by atoms with Crippen molar-refractivity contribution in [2.75, 3.05) is 25.6 Å². The minimum atomic E-state index is -0.935. The number of primary amides is 1. The van der Waals surface area contributed by atoms with Crippen LogP contribution in [0.25, 0.3) is 0 Å². The molecule has 4 N–H and O–H groups in total. The summed E-state index contributed by atoms with van der Waals surface area (Å²) in [5.74, 6) is 0.363. The van der Waals surface area contributed by atoms with Crippen LogP contribution in [-0.2, 0) is 4.79 Å². The Bertz CT molecular complexity index is 432. The number of carbonyl (C=O) groups excluding carboxylic acids is 1. The molecule has 0 saturated heterocycles.